The van der Waals surface area contributed by atoms with Gasteiger partial charge in [-0.1, -0.05) is 24.3 Å². The quantitative estimate of drug-likeness (QED) is 0.136. The fraction of sp³-hybridized carbons (Fsp3) is 0.0270. The van der Waals surface area contributed by atoms with Crippen molar-refractivity contribution in [2.75, 3.05) is 0 Å². The van der Waals surface area contributed by atoms with Gasteiger partial charge in [-0.15, -0.1) is 0 Å². The van der Waals surface area contributed by atoms with E-state index >= 15 is 0 Å². The van der Waals surface area contributed by atoms with Crippen LogP contribution in [-0.2, 0) is 6.18 Å². The van der Waals surface area contributed by atoms with Crippen molar-refractivity contribution in [1.29, 1.82) is 21.0 Å². The van der Waals surface area contributed by atoms with E-state index in [1.54, 1.807) is 18.2 Å². The molecule has 0 radical (unpaired) electrons. The number of aromatic nitrogens is 2. The summed E-state index contributed by atoms with van der Waals surface area (Å²) in [5.41, 5.74) is 0.591. The van der Waals surface area contributed by atoms with Crippen LogP contribution in [0.4, 0.5) is 26.3 Å². The molecule has 0 bridgehead atoms. The minimum atomic E-state index is -4.82. The summed E-state index contributed by atoms with van der Waals surface area (Å²) in [7, 11) is 0. The average Bonchev–Trinajstić information content (AvgIpc) is 3.55. The molecule has 1 aromatic heterocycles. The van der Waals surface area contributed by atoms with Crippen molar-refractivity contribution in [3.63, 3.8) is 0 Å². The highest BCUT2D eigenvalue weighted by atomic mass is 19.4. The Balaban J connectivity index is 1.47. The molecule has 0 saturated carbocycles. The molecule has 0 spiro atoms. The normalized spacial score (nSPS) is 12.1. The monoisotopic (exact) mass is 654 g/mol. The number of benzene rings is 4. The first-order valence-electron chi connectivity index (χ1n) is 14.1. The van der Waals surface area contributed by atoms with Crippen LogP contribution < -0.4 is 0 Å². The molecule has 49 heavy (non-hydrogen) atoms. The predicted molar refractivity (Wildman–Crippen MR) is 163 cm³/mol. The van der Waals surface area contributed by atoms with Crippen LogP contribution in [0, 0.1) is 62.8 Å². The van der Waals surface area contributed by atoms with E-state index < -0.39 is 34.8 Å². The molecule has 1 heterocycles. The molecule has 0 aliphatic heterocycles. The Kier molecular flexibility index (Phi) is 6.91. The Morgan fingerprint density at radius 3 is 1.31 bits per heavy atom. The number of allylic oxidation sites excluding steroid dienone is 2. The largest absolute Gasteiger partial charge is 0.416 e. The van der Waals surface area contributed by atoms with Crippen molar-refractivity contribution in [2.45, 2.75) is 6.18 Å². The van der Waals surface area contributed by atoms with Crippen LogP contribution in [0.2, 0.25) is 0 Å². The number of nitriles is 4. The fourth-order valence-electron chi connectivity index (χ4n) is 6.11. The van der Waals surface area contributed by atoms with Gasteiger partial charge in [0.1, 0.15) is 64.3 Å². The molecule has 2 aliphatic rings. The third-order valence-corrected chi connectivity index (χ3v) is 8.16. The summed E-state index contributed by atoms with van der Waals surface area (Å²) in [5, 5.41) is 39.6. The van der Waals surface area contributed by atoms with Crippen LogP contribution in [0.1, 0.15) is 28.1 Å². The smallest absolute Gasteiger partial charge is 0.243 e. The van der Waals surface area contributed by atoms with Gasteiger partial charge in [-0.05, 0) is 75.8 Å². The maximum atomic E-state index is 14.3. The van der Waals surface area contributed by atoms with E-state index in [4.69, 9.17) is 9.97 Å². The first-order valence-corrected chi connectivity index (χ1v) is 14.1. The van der Waals surface area contributed by atoms with Crippen molar-refractivity contribution in [1.82, 2.24) is 9.97 Å². The van der Waals surface area contributed by atoms with E-state index in [9.17, 15) is 47.4 Å². The molecule has 12 heteroatoms. The molecule has 232 valence electrons. The molecule has 0 fully saturated rings. The summed E-state index contributed by atoms with van der Waals surface area (Å²) in [6, 6.07) is 21.4. The molecular weight excluding hydrogens is 642 g/mol. The highest BCUT2D eigenvalue weighted by Gasteiger charge is 2.37. The average molecular weight is 655 g/mol. The summed E-state index contributed by atoms with van der Waals surface area (Å²) in [6.45, 7) is 0. The number of nitrogens with zero attached hydrogens (tertiary/aromatic N) is 6. The Morgan fingerprint density at radius 1 is 0.469 bits per heavy atom. The van der Waals surface area contributed by atoms with Gasteiger partial charge in [0.15, 0.2) is 0 Å². The Morgan fingerprint density at radius 2 is 0.878 bits per heavy atom. The maximum Gasteiger partial charge on any atom is 0.416 e. The number of alkyl halides is 3. The van der Waals surface area contributed by atoms with Gasteiger partial charge < -0.3 is 0 Å². The summed E-state index contributed by atoms with van der Waals surface area (Å²) < 4.78 is 82.9. The summed E-state index contributed by atoms with van der Waals surface area (Å²) >= 11 is 0. The second-order valence-electron chi connectivity index (χ2n) is 11.0. The van der Waals surface area contributed by atoms with Crippen LogP contribution in [0.5, 0.6) is 0 Å². The van der Waals surface area contributed by atoms with Gasteiger partial charge in [0.25, 0.3) is 0 Å². The minimum Gasteiger partial charge on any atom is -0.243 e. The van der Waals surface area contributed by atoms with Crippen LogP contribution in [0.3, 0.4) is 0 Å². The predicted octanol–water partition coefficient (Wildman–Crippen LogP) is 8.91. The third kappa shape index (κ3) is 4.88. The zero-order valence-electron chi connectivity index (χ0n) is 24.4. The fourth-order valence-corrected chi connectivity index (χ4v) is 6.11. The van der Waals surface area contributed by atoms with Gasteiger partial charge in [0, 0.05) is 28.3 Å². The second-order valence-corrected chi connectivity index (χ2v) is 11.0. The van der Waals surface area contributed by atoms with Gasteiger partial charge in [0.2, 0.25) is 0 Å². The maximum absolute atomic E-state index is 14.3. The van der Waals surface area contributed by atoms with E-state index in [2.05, 4.69) is 0 Å². The molecule has 0 atom stereocenters. The molecule has 6 nitrogen and oxygen atoms in total. The topological polar surface area (TPSA) is 121 Å². The van der Waals surface area contributed by atoms with Crippen molar-refractivity contribution in [3.05, 3.63) is 129 Å². The number of hydrogen-bond acceptors (Lipinski definition) is 6. The standard InChI is InChI=1S/C37H12F6N6/c38-24-6-19(5-23(11-24)37(41,42)43)17-1-3-27-29(9-17)31(21(13-44)14-45)35-33(27)48-34-28-4-2-18(20-7-25(39)12-26(40)8-20)10-30(28)32(36(34)49-35)22(15-46)16-47/h1-12H. The van der Waals surface area contributed by atoms with E-state index in [0.717, 1.165) is 30.3 Å². The van der Waals surface area contributed by atoms with Gasteiger partial charge in [-0.3, -0.25) is 0 Å². The first-order chi connectivity index (χ1) is 23.4. The lowest BCUT2D eigenvalue weighted by Gasteiger charge is -2.11. The molecule has 5 aromatic rings. The third-order valence-electron chi connectivity index (χ3n) is 8.16. The molecular formula is C37H12F6N6. The van der Waals surface area contributed by atoms with Gasteiger partial charge in [-0.25, -0.2) is 23.1 Å². The van der Waals surface area contributed by atoms with Crippen LogP contribution in [0.25, 0.3) is 55.9 Å². The zero-order chi connectivity index (χ0) is 34.8. The van der Waals surface area contributed by atoms with Gasteiger partial charge in [0.05, 0.1) is 17.0 Å². The zero-order valence-corrected chi connectivity index (χ0v) is 24.4. The molecule has 0 N–H and O–H groups in total. The van der Waals surface area contributed by atoms with Gasteiger partial charge >= 0.3 is 6.18 Å². The molecule has 4 aromatic carbocycles. The van der Waals surface area contributed by atoms with E-state index in [1.165, 1.54) is 18.2 Å². The molecule has 0 amide bonds. The van der Waals surface area contributed by atoms with Crippen molar-refractivity contribution in [3.8, 4) is 69.0 Å². The van der Waals surface area contributed by atoms with Crippen molar-refractivity contribution >= 4 is 11.1 Å². The number of rotatable bonds is 2. The lowest BCUT2D eigenvalue weighted by Crippen LogP contribution is -2.05. The van der Waals surface area contributed by atoms with Gasteiger partial charge in [-0.2, -0.15) is 34.2 Å². The first kappa shape index (κ1) is 30.6. The second kappa shape index (κ2) is 11.1. The van der Waals surface area contributed by atoms with E-state index in [-0.39, 0.29) is 61.7 Å². The van der Waals surface area contributed by atoms with E-state index in [1.807, 2.05) is 24.3 Å². The minimum absolute atomic E-state index is 0.00120. The summed E-state index contributed by atoms with van der Waals surface area (Å²) in [6.07, 6.45) is -4.82. The Hall–Kier alpha value is -7.02. The molecule has 0 unspecified atom stereocenters. The van der Waals surface area contributed by atoms with Crippen LogP contribution in [-0.4, -0.2) is 9.97 Å². The van der Waals surface area contributed by atoms with Crippen LogP contribution >= 0.6 is 0 Å². The highest BCUT2D eigenvalue weighted by Crippen LogP contribution is 2.51. The van der Waals surface area contributed by atoms with Crippen molar-refractivity contribution in [2.24, 2.45) is 0 Å². The number of halogens is 6. The lowest BCUT2D eigenvalue weighted by molar-refractivity contribution is -0.137. The number of hydrogen-bond donors (Lipinski definition) is 0. The van der Waals surface area contributed by atoms with Crippen molar-refractivity contribution < 1.29 is 26.3 Å². The Bertz CT molecular complexity index is 2520. The lowest BCUT2D eigenvalue weighted by atomic mass is 9.95. The molecule has 0 saturated heterocycles. The van der Waals surface area contributed by atoms with Crippen LogP contribution in [0.15, 0.2) is 83.9 Å². The summed E-state index contributed by atoms with van der Waals surface area (Å²) in [5.74, 6) is -2.74. The molecule has 2 aliphatic carbocycles. The SMILES string of the molecule is N#CC(C#N)=C1c2cc(-c3cc(F)cc(F)c3)ccc2-c2nc3c(nc21)C(=C(C#N)C#N)c1cc(-c2cc(F)cc(C(F)(F)F)c2)ccc1-3. The molecule has 7 rings (SSSR count). The van der Waals surface area contributed by atoms with E-state index in [0.29, 0.717) is 28.3 Å². The summed E-state index contributed by atoms with van der Waals surface area (Å²) in [4.78, 5) is 9.56. The Labute approximate surface area is 273 Å². The highest BCUT2D eigenvalue weighted by molar-refractivity contribution is 6.07. The number of fused-ring (bicyclic) bond motifs is 6.